The van der Waals surface area contributed by atoms with Gasteiger partial charge in [-0.15, -0.1) is 0 Å². The van der Waals surface area contributed by atoms with Crippen molar-refractivity contribution in [1.29, 1.82) is 0 Å². The van der Waals surface area contributed by atoms with Gasteiger partial charge in [-0.1, -0.05) is 58.0 Å². The molecule has 29 heavy (non-hydrogen) atoms. The Labute approximate surface area is 173 Å². The van der Waals surface area contributed by atoms with E-state index in [0.717, 1.165) is 31.2 Å². The van der Waals surface area contributed by atoms with Crippen molar-refractivity contribution in [3.63, 3.8) is 0 Å². The second-order valence-corrected chi connectivity index (χ2v) is 8.13. The molecule has 0 spiro atoms. The van der Waals surface area contributed by atoms with Gasteiger partial charge in [-0.3, -0.25) is 0 Å². The van der Waals surface area contributed by atoms with Crippen LogP contribution in [0.4, 0.5) is 0 Å². The van der Waals surface area contributed by atoms with E-state index in [1.54, 1.807) is 0 Å². The molecule has 0 saturated carbocycles. The molecule has 162 valence electrons. The van der Waals surface area contributed by atoms with Crippen LogP contribution in [0.25, 0.3) is 0 Å². The molecule has 1 aromatic carbocycles. The van der Waals surface area contributed by atoms with Crippen molar-refractivity contribution in [2.75, 3.05) is 6.61 Å². The fourth-order valence-electron chi connectivity index (χ4n) is 4.56. The van der Waals surface area contributed by atoms with E-state index in [-0.39, 0.29) is 24.4 Å². The highest BCUT2D eigenvalue weighted by molar-refractivity contribution is 5.13. The van der Waals surface area contributed by atoms with Crippen LogP contribution in [0.2, 0.25) is 0 Å². The summed E-state index contributed by atoms with van der Waals surface area (Å²) in [4.78, 5) is 0. The van der Waals surface area contributed by atoms with Gasteiger partial charge in [-0.2, -0.15) is 0 Å². The van der Waals surface area contributed by atoms with E-state index < -0.39 is 17.9 Å². The minimum atomic E-state index is -0.586. The van der Waals surface area contributed by atoms with Crippen LogP contribution < -0.4 is 0 Å². The van der Waals surface area contributed by atoms with Gasteiger partial charge in [0.1, 0.15) is 24.4 Å². The lowest BCUT2D eigenvalue weighted by Crippen LogP contribution is -2.42. The highest BCUT2D eigenvalue weighted by Gasteiger charge is 2.61. The lowest BCUT2D eigenvalue weighted by Gasteiger charge is -2.31. The molecule has 3 saturated heterocycles. The lowest BCUT2D eigenvalue weighted by molar-refractivity contribution is -0.263. The van der Waals surface area contributed by atoms with Crippen LogP contribution in [0.3, 0.4) is 0 Å². The summed E-state index contributed by atoms with van der Waals surface area (Å²) in [5.41, 5.74) is 1.10. The summed E-state index contributed by atoms with van der Waals surface area (Å²) in [6, 6.07) is 10.1. The number of rotatable bonds is 8. The van der Waals surface area contributed by atoms with E-state index in [1.807, 2.05) is 30.3 Å². The van der Waals surface area contributed by atoms with Crippen molar-refractivity contribution in [3.8, 4) is 0 Å². The first-order valence-electron chi connectivity index (χ1n) is 11.1. The molecule has 1 aromatic rings. The molecule has 5 atom stereocenters. The molecule has 4 rings (SSSR count). The Hall–Kier alpha value is -1.02. The maximum absolute atomic E-state index is 6.45. The molecule has 3 fully saturated rings. The lowest BCUT2D eigenvalue weighted by atomic mass is 10.1. The molecule has 6 nitrogen and oxygen atoms in total. The van der Waals surface area contributed by atoms with Crippen LogP contribution in [0.5, 0.6) is 0 Å². The first-order valence-corrected chi connectivity index (χ1v) is 11.1. The summed E-state index contributed by atoms with van der Waals surface area (Å²) in [6.45, 7) is 9.32. The van der Waals surface area contributed by atoms with E-state index >= 15 is 0 Å². The van der Waals surface area contributed by atoms with Gasteiger partial charge in [0.25, 0.3) is 0 Å². The first-order chi connectivity index (χ1) is 14.1. The zero-order valence-corrected chi connectivity index (χ0v) is 18.0. The zero-order chi connectivity index (χ0) is 20.5. The molecule has 0 N–H and O–H groups in total. The van der Waals surface area contributed by atoms with Gasteiger partial charge in [0.05, 0.1) is 13.2 Å². The van der Waals surface area contributed by atoms with Crippen LogP contribution in [-0.2, 0) is 35.0 Å². The Balaban J connectivity index is 1.50. The molecular weight excluding hydrogens is 372 g/mol. The third kappa shape index (κ3) is 3.99. The first kappa shape index (κ1) is 21.2. The Morgan fingerprint density at radius 1 is 0.828 bits per heavy atom. The molecule has 0 unspecified atom stereocenters. The summed E-state index contributed by atoms with van der Waals surface area (Å²) >= 11 is 0. The van der Waals surface area contributed by atoms with Gasteiger partial charge in [-0.05, 0) is 31.2 Å². The Bertz CT molecular complexity index is 657. The second kappa shape index (κ2) is 8.61. The number of hydrogen-bond donors (Lipinski definition) is 0. The van der Waals surface area contributed by atoms with E-state index in [4.69, 9.17) is 28.4 Å². The average molecular weight is 407 g/mol. The summed E-state index contributed by atoms with van der Waals surface area (Å²) in [6.07, 6.45) is 1.71. The van der Waals surface area contributed by atoms with E-state index in [0.29, 0.717) is 13.2 Å². The van der Waals surface area contributed by atoms with E-state index in [1.165, 1.54) is 0 Å². The van der Waals surface area contributed by atoms with Crippen molar-refractivity contribution >= 4 is 0 Å². The van der Waals surface area contributed by atoms with Crippen molar-refractivity contribution in [1.82, 2.24) is 0 Å². The van der Waals surface area contributed by atoms with E-state index in [2.05, 4.69) is 27.7 Å². The summed E-state index contributed by atoms with van der Waals surface area (Å²) < 4.78 is 37.7. The predicted octanol–water partition coefficient (Wildman–Crippen LogP) is 4.16. The molecule has 0 amide bonds. The van der Waals surface area contributed by atoms with Crippen LogP contribution >= 0.6 is 0 Å². The van der Waals surface area contributed by atoms with Crippen LogP contribution in [0.15, 0.2) is 30.3 Å². The highest BCUT2D eigenvalue weighted by atomic mass is 16.8. The zero-order valence-electron chi connectivity index (χ0n) is 18.0. The highest BCUT2D eigenvalue weighted by Crippen LogP contribution is 2.45. The minimum Gasteiger partial charge on any atom is -0.347 e. The largest absolute Gasteiger partial charge is 0.347 e. The fourth-order valence-corrected chi connectivity index (χ4v) is 4.56. The molecule has 0 radical (unpaired) electrons. The Morgan fingerprint density at radius 2 is 1.48 bits per heavy atom. The summed E-state index contributed by atoms with van der Waals surface area (Å²) in [7, 11) is 0. The van der Waals surface area contributed by atoms with Gasteiger partial charge >= 0.3 is 0 Å². The number of benzene rings is 1. The van der Waals surface area contributed by atoms with Crippen molar-refractivity contribution in [2.45, 2.75) is 102 Å². The van der Waals surface area contributed by atoms with Gasteiger partial charge in [0, 0.05) is 0 Å². The molecule has 0 aliphatic carbocycles. The standard InChI is InChI=1S/C23H34O6/c1-5-22(6-2)25-15-17(27-22)18-19-20(29-23(7-3,8-4)28-19)21(26-18)24-14-16-12-10-9-11-13-16/h9-13,17-21H,5-8,14-15H2,1-4H3/t17-,18-,19+,20+,21+/m1/s1. The summed E-state index contributed by atoms with van der Waals surface area (Å²) in [5, 5.41) is 0. The maximum Gasteiger partial charge on any atom is 0.187 e. The fraction of sp³-hybridized carbons (Fsp3) is 0.739. The third-order valence-electron chi connectivity index (χ3n) is 6.56. The van der Waals surface area contributed by atoms with E-state index in [9.17, 15) is 0 Å². The molecular formula is C23H34O6. The topological polar surface area (TPSA) is 55.4 Å². The second-order valence-electron chi connectivity index (χ2n) is 8.13. The van der Waals surface area contributed by atoms with Crippen LogP contribution in [0.1, 0.15) is 58.9 Å². The monoisotopic (exact) mass is 406 g/mol. The van der Waals surface area contributed by atoms with Crippen LogP contribution in [-0.4, -0.2) is 48.9 Å². The van der Waals surface area contributed by atoms with Gasteiger partial charge < -0.3 is 28.4 Å². The van der Waals surface area contributed by atoms with Crippen LogP contribution in [0, 0.1) is 0 Å². The minimum absolute atomic E-state index is 0.194. The maximum atomic E-state index is 6.45. The van der Waals surface area contributed by atoms with Gasteiger partial charge in [-0.25, -0.2) is 0 Å². The molecule has 3 aliphatic rings. The van der Waals surface area contributed by atoms with Gasteiger partial charge in [0.15, 0.2) is 17.9 Å². The number of ether oxygens (including phenoxy) is 6. The third-order valence-corrected chi connectivity index (χ3v) is 6.56. The normalized spacial score (nSPS) is 35.1. The summed E-state index contributed by atoms with van der Waals surface area (Å²) in [5.74, 6) is -1.11. The van der Waals surface area contributed by atoms with Crippen molar-refractivity contribution in [2.24, 2.45) is 0 Å². The molecule has 3 aliphatic heterocycles. The number of hydrogen-bond acceptors (Lipinski definition) is 6. The molecule has 0 bridgehead atoms. The quantitative estimate of drug-likeness (QED) is 0.646. The number of fused-ring (bicyclic) bond motifs is 1. The predicted molar refractivity (Wildman–Crippen MR) is 107 cm³/mol. The molecule has 6 heteroatoms. The average Bonchev–Trinajstić information content (AvgIpc) is 3.45. The molecule has 0 aromatic heterocycles. The Kier molecular flexibility index (Phi) is 6.30. The van der Waals surface area contributed by atoms with Crippen molar-refractivity contribution < 1.29 is 28.4 Å². The van der Waals surface area contributed by atoms with Gasteiger partial charge in [0.2, 0.25) is 0 Å². The smallest absolute Gasteiger partial charge is 0.187 e. The Morgan fingerprint density at radius 3 is 2.10 bits per heavy atom. The molecule has 3 heterocycles. The van der Waals surface area contributed by atoms with Crippen molar-refractivity contribution in [3.05, 3.63) is 35.9 Å². The SMILES string of the molecule is CCC1(CC)O[C@@H]2[C@H](O1)[C@@H](OCc1ccccc1)O[C@@H]2[C@H]1COC(CC)(CC)O1.